The first-order valence-electron chi connectivity index (χ1n) is 5.60. The smallest absolute Gasteiger partial charge is 0.151 e. The van der Waals surface area contributed by atoms with Crippen molar-refractivity contribution in [3.8, 4) is 11.3 Å². The predicted octanol–water partition coefficient (Wildman–Crippen LogP) is 3.49. The van der Waals surface area contributed by atoms with E-state index in [9.17, 15) is 0 Å². The summed E-state index contributed by atoms with van der Waals surface area (Å²) in [7, 11) is 0. The van der Waals surface area contributed by atoms with Crippen LogP contribution in [0.2, 0.25) is 5.02 Å². The quantitative estimate of drug-likeness (QED) is 0.903. The van der Waals surface area contributed by atoms with E-state index in [1.54, 1.807) is 0 Å². The molecule has 0 spiro atoms. The summed E-state index contributed by atoms with van der Waals surface area (Å²) in [6.07, 6.45) is 0. The van der Waals surface area contributed by atoms with Gasteiger partial charge in [0, 0.05) is 22.7 Å². The maximum Gasteiger partial charge on any atom is 0.151 e. The van der Waals surface area contributed by atoms with E-state index in [-0.39, 0.29) is 0 Å². The van der Waals surface area contributed by atoms with Crippen molar-refractivity contribution in [2.24, 2.45) is 0 Å². The highest BCUT2D eigenvalue weighted by Crippen LogP contribution is 2.21. The van der Waals surface area contributed by atoms with Gasteiger partial charge in [0.2, 0.25) is 0 Å². The van der Waals surface area contributed by atoms with Crippen LogP contribution in [0, 0.1) is 0 Å². The minimum atomic E-state index is 0.430. The fourth-order valence-electron chi connectivity index (χ4n) is 1.46. The van der Waals surface area contributed by atoms with Gasteiger partial charge in [0.1, 0.15) is 5.69 Å². The molecule has 3 nitrogen and oxygen atoms in total. The van der Waals surface area contributed by atoms with Gasteiger partial charge < -0.3 is 9.84 Å². The largest absolute Gasteiger partial charge is 0.359 e. The highest BCUT2D eigenvalue weighted by molar-refractivity contribution is 6.30. The third kappa shape index (κ3) is 3.32. The van der Waals surface area contributed by atoms with Crippen molar-refractivity contribution in [2.45, 2.75) is 26.4 Å². The third-order valence-electron chi connectivity index (χ3n) is 2.38. The zero-order valence-electron chi connectivity index (χ0n) is 9.90. The fourth-order valence-corrected chi connectivity index (χ4v) is 1.58. The zero-order valence-corrected chi connectivity index (χ0v) is 10.7. The maximum atomic E-state index is 5.84. The van der Waals surface area contributed by atoms with E-state index in [0.717, 1.165) is 22.0 Å². The molecule has 0 radical (unpaired) electrons. The van der Waals surface area contributed by atoms with Crippen molar-refractivity contribution in [2.75, 3.05) is 0 Å². The summed E-state index contributed by atoms with van der Waals surface area (Å²) in [6, 6.07) is 9.92. The number of aromatic nitrogens is 1. The minimum absolute atomic E-state index is 0.430. The number of hydrogen-bond donors (Lipinski definition) is 1. The van der Waals surface area contributed by atoms with E-state index in [4.69, 9.17) is 16.1 Å². The molecule has 1 heterocycles. The number of benzene rings is 1. The lowest BCUT2D eigenvalue weighted by molar-refractivity contribution is 0.369. The Kier molecular flexibility index (Phi) is 3.82. The molecule has 0 bridgehead atoms. The molecule has 1 N–H and O–H groups in total. The summed E-state index contributed by atoms with van der Waals surface area (Å²) >= 11 is 5.84. The van der Waals surface area contributed by atoms with Crippen LogP contribution in [0.1, 0.15) is 19.6 Å². The van der Waals surface area contributed by atoms with Crippen LogP contribution < -0.4 is 5.32 Å². The van der Waals surface area contributed by atoms with Crippen LogP contribution in [0.5, 0.6) is 0 Å². The lowest BCUT2D eigenvalue weighted by Gasteiger charge is -2.03. The normalized spacial score (nSPS) is 11.1. The molecule has 0 atom stereocenters. The molecule has 0 aliphatic rings. The van der Waals surface area contributed by atoms with Crippen molar-refractivity contribution in [3.63, 3.8) is 0 Å². The van der Waals surface area contributed by atoms with Crippen molar-refractivity contribution in [3.05, 3.63) is 41.1 Å². The summed E-state index contributed by atoms with van der Waals surface area (Å²) in [5.74, 6) is 0.837. The summed E-state index contributed by atoms with van der Waals surface area (Å²) in [6.45, 7) is 4.88. The Bertz CT molecular complexity index is 476. The van der Waals surface area contributed by atoms with Gasteiger partial charge in [-0.1, -0.05) is 42.7 Å². The van der Waals surface area contributed by atoms with Crippen molar-refractivity contribution >= 4 is 11.6 Å². The number of nitrogens with one attached hydrogen (secondary N) is 1. The van der Waals surface area contributed by atoms with Gasteiger partial charge in [0.05, 0.1) is 6.54 Å². The second-order valence-electron chi connectivity index (χ2n) is 4.22. The van der Waals surface area contributed by atoms with E-state index in [0.29, 0.717) is 12.6 Å². The molecule has 17 heavy (non-hydrogen) atoms. The molecule has 0 aliphatic carbocycles. The lowest BCUT2D eigenvalue weighted by Crippen LogP contribution is -2.21. The molecule has 1 aromatic carbocycles. The summed E-state index contributed by atoms with van der Waals surface area (Å²) < 4.78 is 5.25. The molecule has 0 amide bonds. The second-order valence-corrected chi connectivity index (χ2v) is 4.66. The fraction of sp³-hybridized carbons (Fsp3) is 0.308. The average Bonchev–Trinajstić information content (AvgIpc) is 2.76. The standard InChI is InChI=1S/C13H15ClN2O/c1-9(2)15-8-12-7-13(16-17-12)10-3-5-11(14)6-4-10/h3-7,9,15H,8H2,1-2H3. The maximum absolute atomic E-state index is 5.84. The third-order valence-corrected chi connectivity index (χ3v) is 2.64. The Hall–Kier alpha value is -1.32. The highest BCUT2D eigenvalue weighted by atomic mass is 35.5. The van der Waals surface area contributed by atoms with Crippen molar-refractivity contribution in [1.29, 1.82) is 0 Å². The Morgan fingerprint density at radius 1 is 1.29 bits per heavy atom. The molecule has 0 aliphatic heterocycles. The van der Waals surface area contributed by atoms with Gasteiger partial charge in [-0.15, -0.1) is 0 Å². The van der Waals surface area contributed by atoms with Crippen LogP contribution in [0.25, 0.3) is 11.3 Å². The SMILES string of the molecule is CC(C)NCc1cc(-c2ccc(Cl)cc2)no1. The zero-order chi connectivity index (χ0) is 12.3. The van der Waals surface area contributed by atoms with E-state index in [1.807, 2.05) is 30.3 Å². The number of halogens is 1. The van der Waals surface area contributed by atoms with Crippen LogP contribution in [0.4, 0.5) is 0 Å². The molecule has 1 aromatic heterocycles. The van der Waals surface area contributed by atoms with E-state index >= 15 is 0 Å². The Morgan fingerprint density at radius 3 is 2.65 bits per heavy atom. The van der Waals surface area contributed by atoms with Gasteiger partial charge in [-0.25, -0.2) is 0 Å². The first-order chi connectivity index (χ1) is 8.15. The predicted molar refractivity (Wildman–Crippen MR) is 68.9 cm³/mol. The van der Waals surface area contributed by atoms with Crippen LogP contribution in [-0.4, -0.2) is 11.2 Å². The molecule has 0 saturated carbocycles. The molecule has 0 fully saturated rings. The van der Waals surface area contributed by atoms with Gasteiger partial charge >= 0.3 is 0 Å². The highest BCUT2D eigenvalue weighted by Gasteiger charge is 2.06. The molecule has 90 valence electrons. The van der Waals surface area contributed by atoms with Gasteiger partial charge in [-0.3, -0.25) is 0 Å². The molecule has 4 heteroatoms. The monoisotopic (exact) mass is 250 g/mol. The van der Waals surface area contributed by atoms with Crippen molar-refractivity contribution in [1.82, 2.24) is 10.5 Å². The second kappa shape index (κ2) is 5.34. The van der Waals surface area contributed by atoms with E-state index in [2.05, 4.69) is 24.3 Å². The Morgan fingerprint density at radius 2 is 2.00 bits per heavy atom. The lowest BCUT2D eigenvalue weighted by atomic mass is 10.1. The number of nitrogens with zero attached hydrogens (tertiary/aromatic N) is 1. The van der Waals surface area contributed by atoms with Gasteiger partial charge in [-0.2, -0.15) is 0 Å². The number of hydrogen-bond acceptors (Lipinski definition) is 3. The summed E-state index contributed by atoms with van der Waals surface area (Å²) in [4.78, 5) is 0. The minimum Gasteiger partial charge on any atom is -0.359 e. The Labute approximate surface area is 106 Å². The molecule has 2 rings (SSSR count). The van der Waals surface area contributed by atoms with Crippen LogP contribution in [-0.2, 0) is 6.54 Å². The van der Waals surface area contributed by atoms with E-state index < -0.39 is 0 Å². The van der Waals surface area contributed by atoms with Crippen LogP contribution in [0.3, 0.4) is 0 Å². The Balaban J connectivity index is 2.10. The molecule has 0 saturated heterocycles. The average molecular weight is 251 g/mol. The molecule has 0 unspecified atom stereocenters. The first-order valence-corrected chi connectivity index (χ1v) is 5.98. The van der Waals surface area contributed by atoms with Crippen LogP contribution >= 0.6 is 11.6 Å². The topological polar surface area (TPSA) is 38.1 Å². The van der Waals surface area contributed by atoms with Gasteiger partial charge in [-0.05, 0) is 12.1 Å². The van der Waals surface area contributed by atoms with Crippen LogP contribution in [0.15, 0.2) is 34.9 Å². The van der Waals surface area contributed by atoms with E-state index in [1.165, 1.54) is 0 Å². The summed E-state index contributed by atoms with van der Waals surface area (Å²) in [5.41, 5.74) is 1.84. The van der Waals surface area contributed by atoms with Gasteiger partial charge in [0.15, 0.2) is 5.76 Å². The summed E-state index contributed by atoms with van der Waals surface area (Å²) in [5, 5.41) is 8.04. The number of rotatable bonds is 4. The molecular weight excluding hydrogens is 236 g/mol. The van der Waals surface area contributed by atoms with Gasteiger partial charge in [0.25, 0.3) is 0 Å². The molecular formula is C13H15ClN2O. The van der Waals surface area contributed by atoms with Crippen molar-refractivity contribution < 1.29 is 4.52 Å². The molecule has 2 aromatic rings. The first kappa shape index (κ1) is 12.1.